The lowest BCUT2D eigenvalue weighted by Gasteiger charge is -2.32. The molecule has 2 aromatic rings. The smallest absolute Gasteiger partial charge is 0.255 e. The molecule has 1 fully saturated rings. The summed E-state index contributed by atoms with van der Waals surface area (Å²) in [7, 11) is 0. The molecule has 1 N–H and O–H groups in total. The summed E-state index contributed by atoms with van der Waals surface area (Å²) in [5.74, 6) is -0.410. The maximum Gasteiger partial charge on any atom is 0.255 e. The fraction of sp³-hybridized carbons (Fsp3) is 0.263. The number of likely N-dealkylation sites (tertiary alicyclic amines) is 1. The van der Waals surface area contributed by atoms with E-state index in [1.165, 1.54) is 0 Å². The number of carbonyl (C=O) groups is 2. The highest BCUT2D eigenvalue weighted by molar-refractivity contribution is 6.37. The van der Waals surface area contributed by atoms with Crippen LogP contribution in [0.25, 0.3) is 0 Å². The van der Waals surface area contributed by atoms with Gasteiger partial charge >= 0.3 is 0 Å². The molecule has 3 rings (SSSR count). The van der Waals surface area contributed by atoms with Crippen LogP contribution in [0.15, 0.2) is 36.4 Å². The lowest BCUT2D eigenvalue weighted by Crippen LogP contribution is -2.46. The summed E-state index contributed by atoms with van der Waals surface area (Å²) in [6, 6.07) is 9.54. The van der Waals surface area contributed by atoms with Crippen molar-refractivity contribution in [1.82, 2.24) is 10.2 Å². The second kappa shape index (κ2) is 8.70. The predicted octanol–water partition coefficient (Wildman–Crippen LogP) is 5.33. The van der Waals surface area contributed by atoms with Crippen molar-refractivity contribution in [3.05, 3.63) is 67.6 Å². The third-order valence-corrected chi connectivity index (χ3v) is 5.56. The molecule has 0 bridgehead atoms. The topological polar surface area (TPSA) is 49.4 Å². The lowest BCUT2D eigenvalue weighted by atomic mass is 10.0. The third kappa shape index (κ3) is 4.88. The van der Waals surface area contributed by atoms with Crippen molar-refractivity contribution < 1.29 is 9.59 Å². The van der Waals surface area contributed by atoms with Crippen LogP contribution in [0.4, 0.5) is 0 Å². The summed E-state index contributed by atoms with van der Waals surface area (Å²) in [4.78, 5) is 26.8. The number of nitrogens with zero attached hydrogens (tertiary/aromatic N) is 1. The number of hydrogen-bond donors (Lipinski definition) is 1. The van der Waals surface area contributed by atoms with Gasteiger partial charge in [0.2, 0.25) is 0 Å². The molecule has 0 aromatic heterocycles. The normalized spacial score (nSPS) is 14.9. The van der Waals surface area contributed by atoms with Crippen LogP contribution in [-0.4, -0.2) is 35.8 Å². The molecule has 0 atom stereocenters. The Kier molecular flexibility index (Phi) is 6.53. The number of halogens is 4. The number of hydrogen-bond acceptors (Lipinski definition) is 2. The number of piperidine rings is 1. The third-order valence-electron chi connectivity index (χ3n) is 4.45. The molecule has 2 aromatic carbocycles. The average Bonchev–Trinajstić information content (AvgIpc) is 2.64. The van der Waals surface area contributed by atoms with Crippen molar-refractivity contribution in [3.63, 3.8) is 0 Å². The van der Waals surface area contributed by atoms with Gasteiger partial charge in [-0.2, -0.15) is 0 Å². The molecule has 0 unspecified atom stereocenters. The zero-order valence-electron chi connectivity index (χ0n) is 14.1. The minimum absolute atomic E-state index is 0.0442. The standard InChI is InChI=1S/C19H16Cl4N2O2/c20-11-2-4-16(22)15(9-11)18(26)24-13-5-7-25(8-6-13)19(27)14-3-1-12(21)10-17(14)23/h1-4,9-10,13H,5-8H2,(H,24,26). The molecule has 8 heteroatoms. The summed E-state index contributed by atoms with van der Waals surface area (Å²) >= 11 is 24.0. The van der Waals surface area contributed by atoms with Crippen LogP contribution in [-0.2, 0) is 0 Å². The van der Waals surface area contributed by atoms with E-state index >= 15 is 0 Å². The number of benzene rings is 2. The van der Waals surface area contributed by atoms with Crippen molar-refractivity contribution in [3.8, 4) is 0 Å². The van der Waals surface area contributed by atoms with Gasteiger partial charge in [-0.05, 0) is 49.2 Å². The van der Waals surface area contributed by atoms with Gasteiger partial charge in [0.15, 0.2) is 0 Å². The maximum absolute atomic E-state index is 12.6. The van der Waals surface area contributed by atoms with E-state index in [-0.39, 0.29) is 17.9 Å². The monoisotopic (exact) mass is 444 g/mol. The Morgan fingerprint density at radius 1 is 0.852 bits per heavy atom. The second-order valence-electron chi connectivity index (χ2n) is 6.29. The van der Waals surface area contributed by atoms with Crippen LogP contribution >= 0.6 is 46.4 Å². The molecule has 142 valence electrons. The highest BCUT2D eigenvalue weighted by atomic mass is 35.5. The first-order valence-corrected chi connectivity index (χ1v) is 9.86. The zero-order valence-corrected chi connectivity index (χ0v) is 17.2. The van der Waals surface area contributed by atoms with E-state index in [9.17, 15) is 9.59 Å². The molecule has 1 aliphatic rings. The van der Waals surface area contributed by atoms with E-state index in [4.69, 9.17) is 46.4 Å². The van der Waals surface area contributed by atoms with Crippen molar-refractivity contribution in [2.45, 2.75) is 18.9 Å². The lowest BCUT2D eigenvalue weighted by molar-refractivity contribution is 0.0698. The Labute approximate surface area is 177 Å². The predicted molar refractivity (Wildman–Crippen MR) is 109 cm³/mol. The second-order valence-corrected chi connectivity index (χ2v) is 7.98. The molecule has 1 heterocycles. The van der Waals surface area contributed by atoms with Crippen LogP contribution in [0.1, 0.15) is 33.6 Å². The zero-order chi connectivity index (χ0) is 19.6. The number of carbonyl (C=O) groups excluding carboxylic acids is 2. The van der Waals surface area contributed by atoms with Crippen molar-refractivity contribution in [1.29, 1.82) is 0 Å². The van der Waals surface area contributed by atoms with Gasteiger partial charge in [-0.1, -0.05) is 46.4 Å². The van der Waals surface area contributed by atoms with E-state index in [0.29, 0.717) is 57.1 Å². The highest BCUT2D eigenvalue weighted by Gasteiger charge is 2.26. The largest absolute Gasteiger partial charge is 0.349 e. The maximum atomic E-state index is 12.6. The van der Waals surface area contributed by atoms with E-state index in [1.807, 2.05) is 0 Å². The van der Waals surface area contributed by atoms with Crippen LogP contribution in [0.2, 0.25) is 20.1 Å². The highest BCUT2D eigenvalue weighted by Crippen LogP contribution is 2.24. The first-order chi connectivity index (χ1) is 12.8. The Morgan fingerprint density at radius 2 is 1.48 bits per heavy atom. The van der Waals surface area contributed by atoms with Gasteiger partial charge < -0.3 is 10.2 Å². The van der Waals surface area contributed by atoms with Crippen molar-refractivity contribution in [2.24, 2.45) is 0 Å². The molecule has 1 aliphatic heterocycles. The molecule has 4 nitrogen and oxygen atoms in total. The molecular formula is C19H16Cl4N2O2. The van der Waals surface area contributed by atoms with E-state index in [0.717, 1.165) is 0 Å². The summed E-state index contributed by atoms with van der Waals surface area (Å²) in [5, 5.41) is 4.57. The minimum Gasteiger partial charge on any atom is -0.349 e. The number of amides is 2. The Bertz CT molecular complexity index is 880. The average molecular weight is 446 g/mol. The molecule has 0 radical (unpaired) electrons. The number of nitrogens with one attached hydrogen (secondary N) is 1. The van der Waals surface area contributed by atoms with Gasteiger partial charge in [-0.15, -0.1) is 0 Å². The Hall–Kier alpha value is -1.46. The molecule has 0 aliphatic carbocycles. The van der Waals surface area contributed by atoms with Crippen molar-refractivity contribution >= 4 is 58.2 Å². The van der Waals surface area contributed by atoms with E-state index in [2.05, 4.69) is 5.32 Å². The van der Waals surface area contributed by atoms with Gasteiger partial charge in [0, 0.05) is 29.2 Å². The fourth-order valence-corrected chi connectivity index (χ4v) is 3.86. The van der Waals surface area contributed by atoms with Crippen LogP contribution in [0, 0.1) is 0 Å². The van der Waals surface area contributed by atoms with Crippen LogP contribution in [0.5, 0.6) is 0 Å². The summed E-state index contributed by atoms with van der Waals surface area (Å²) in [5.41, 5.74) is 0.768. The molecule has 2 amide bonds. The van der Waals surface area contributed by atoms with Crippen LogP contribution in [0.3, 0.4) is 0 Å². The Morgan fingerprint density at radius 3 is 2.15 bits per heavy atom. The summed E-state index contributed by atoms with van der Waals surface area (Å²) in [6.45, 7) is 1.04. The van der Waals surface area contributed by atoms with Gasteiger partial charge in [0.1, 0.15) is 0 Å². The van der Waals surface area contributed by atoms with Gasteiger partial charge in [0.05, 0.1) is 21.2 Å². The SMILES string of the molecule is O=C(NC1CCN(C(=O)c2ccc(Cl)cc2Cl)CC1)c1cc(Cl)ccc1Cl. The number of rotatable bonds is 3. The fourth-order valence-electron chi connectivity index (χ4n) is 2.99. The van der Waals surface area contributed by atoms with Gasteiger partial charge in [0.25, 0.3) is 11.8 Å². The first-order valence-electron chi connectivity index (χ1n) is 8.35. The van der Waals surface area contributed by atoms with Gasteiger partial charge in [-0.3, -0.25) is 9.59 Å². The summed E-state index contributed by atoms with van der Waals surface area (Å²) < 4.78 is 0. The molecule has 0 spiro atoms. The Balaban J connectivity index is 1.59. The molecule has 0 saturated carbocycles. The first kappa shape index (κ1) is 20.3. The van der Waals surface area contributed by atoms with E-state index < -0.39 is 0 Å². The summed E-state index contributed by atoms with van der Waals surface area (Å²) in [6.07, 6.45) is 1.28. The molecular weight excluding hydrogens is 430 g/mol. The van der Waals surface area contributed by atoms with Crippen LogP contribution < -0.4 is 5.32 Å². The molecule has 1 saturated heterocycles. The quantitative estimate of drug-likeness (QED) is 0.693. The van der Waals surface area contributed by atoms with Crippen molar-refractivity contribution in [2.75, 3.05) is 13.1 Å². The van der Waals surface area contributed by atoms with Gasteiger partial charge in [-0.25, -0.2) is 0 Å². The minimum atomic E-state index is -0.270. The van der Waals surface area contributed by atoms with E-state index in [1.54, 1.807) is 41.3 Å². The molecule has 27 heavy (non-hydrogen) atoms.